The van der Waals surface area contributed by atoms with E-state index < -0.39 is 29.6 Å². The molecule has 17 heavy (non-hydrogen) atoms. The van der Waals surface area contributed by atoms with E-state index >= 15 is 0 Å². The quantitative estimate of drug-likeness (QED) is 0.615. The number of carbonyl (C=O) groups excluding carboxylic acids is 2. The Labute approximate surface area is 95.8 Å². The molecule has 0 aliphatic carbocycles. The van der Waals surface area contributed by atoms with Crippen LogP contribution in [0.5, 0.6) is 0 Å². The standard InChI is InChI=1S/C10H11F2N3O2/c11-6-1-5(2-7(12)4-6)3-8(16)15-9(13)10(14)17/h1-2,4,9H,3,13H2,(H2,14,17)(H,15,16)/t9-/m1/s1. The van der Waals surface area contributed by atoms with Crippen LogP contribution in [0.1, 0.15) is 5.56 Å². The predicted molar refractivity (Wildman–Crippen MR) is 55.4 cm³/mol. The fraction of sp³-hybridized carbons (Fsp3) is 0.200. The molecule has 0 saturated carbocycles. The van der Waals surface area contributed by atoms with Crippen LogP contribution in [0.4, 0.5) is 8.78 Å². The molecule has 5 N–H and O–H groups in total. The maximum Gasteiger partial charge on any atom is 0.254 e. The van der Waals surface area contributed by atoms with Gasteiger partial charge in [-0.3, -0.25) is 9.59 Å². The molecule has 0 aliphatic heterocycles. The molecule has 0 spiro atoms. The van der Waals surface area contributed by atoms with E-state index in [2.05, 4.69) is 5.32 Å². The molecular weight excluding hydrogens is 232 g/mol. The van der Waals surface area contributed by atoms with Crippen molar-refractivity contribution in [3.05, 3.63) is 35.4 Å². The molecule has 2 amide bonds. The first kappa shape index (κ1) is 13.0. The molecular formula is C10H11F2N3O2. The van der Waals surface area contributed by atoms with E-state index in [0.717, 1.165) is 12.1 Å². The highest BCUT2D eigenvalue weighted by atomic mass is 19.1. The average molecular weight is 243 g/mol. The fourth-order valence-electron chi connectivity index (χ4n) is 1.19. The van der Waals surface area contributed by atoms with E-state index in [1.165, 1.54) is 0 Å². The first-order valence-electron chi connectivity index (χ1n) is 4.67. The van der Waals surface area contributed by atoms with Crippen molar-refractivity contribution in [2.24, 2.45) is 11.5 Å². The molecule has 0 unspecified atom stereocenters. The van der Waals surface area contributed by atoms with Gasteiger partial charge >= 0.3 is 0 Å². The van der Waals surface area contributed by atoms with Crippen molar-refractivity contribution in [1.82, 2.24) is 5.32 Å². The summed E-state index contributed by atoms with van der Waals surface area (Å²) in [6, 6.07) is 2.72. The Kier molecular flexibility index (Phi) is 4.11. The van der Waals surface area contributed by atoms with E-state index in [1.807, 2.05) is 0 Å². The zero-order chi connectivity index (χ0) is 13.0. The van der Waals surface area contributed by atoms with Crippen LogP contribution in [-0.2, 0) is 16.0 Å². The monoisotopic (exact) mass is 243 g/mol. The fourth-order valence-corrected chi connectivity index (χ4v) is 1.19. The lowest BCUT2D eigenvalue weighted by Crippen LogP contribution is -2.50. The number of halogens is 2. The number of hydrogen-bond donors (Lipinski definition) is 3. The number of rotatable bonds is 4. The first-order chi connectivity index (χ1) is 7.88. The molecule has 0 aliphatic rings. The maximum absolute atomic E-state index is 12.8. The Hall–Kier alpha value is -2.02. The Balaban J connectivity index is 2.65. The molecule has 0 heterocycles. The Morgan fingerprint density at radius 1 is 1.24 bits per heavy atom. The van der Waals surface area contributed by atoms with Gasteiger partial charge in [0.15, 0.2) is 6.17 Å². The minimum Gasteiger partial charge on any atom is -0.367 e. The summed E-state index contributed by atoms with van der Waals surface area (Å²) in [5.74, 6) is -3.12. The van der Waals surface area contributed by atoms with Gasteiger partial charge in [0.1, 0.15) is 11.6 Å². The lowest BCUT2D eigenvalue weighted by atomic mass is 10.1. The molecule has 0 radical (unpaired) electrons. The molecule has 0 fully saturated rings. The third-order valence-electron chi connectivity index (χ3n) is 1.91. The Morgan fingerprint density at radius 3 is 2.24 bits per heavy atom. The number of carbonyl (C=O) groups is 2. The molecule has 92 valence electrons. The van der Waals surface area contributed by atoms with Crippen LogP contribution in [0.15, 0.2) is 18.2 Å². The van der Waals surface area contributed by atoms with Gasteiger partial charge in [-0.2, -0.15) is 0 Å². The van der Waals surface area contributed by atoms with E-state index in [-0.39, 0.29) is 12.0 Å². The minimum absolute atomic E-state index is 0.136. The van der Waals surface area contributed by atoms with Crippen LogP contribution < -0.4 is 16.8 Å². The third-order valence-corrected chi connectivity index (χ3v) is 1.91. The van der Waals surface area contributed by atoms with E-state index in [0.29, 0.717) is 6.07 Å². The van der Waals surface area contributed by atoms with Crippen molar-refractivity contribution >= 4 is 11.8 Å². The largest absolute Gasteiger partial charge is 0.367 e. The summed E-state index contributed by atoms with van der Waals surface area (Å²) in [6.07, 6.45) is -1.61. The summed E-state index contributed by atoms with van der Waals surface area (Å²) >= 11 is 0. The summed E-state index contributed by atoms with van der Waals surface area (Å²) in [5.41, 5.74) is 10.1. The SMILES string of the molecule is NC(=O)[C@H](N)NC(=O)Cc1cc(F)cc(F)c1. The van der Waals surface area contributed by atoms with Gasteiger partial charge in [-0.15, -0.1) is 0 Å². The molecule has 5 nitrogen and oxygen atoms in total. The molecule has 0 saturated heterocycles. The highest BCUT2D eigenvalue weighted by Crippen LogP contribution is 2.08. The lowest BCUT2D eigenvalue weighted by molar-refractivity contribution is -0.126. The van der Waals surface area contributed by atoms with Crippen LogP contribution in [0.2, 0.25) is 0 Å². The molecule has 1 atom stereocenters. The summed E-state index contributed by atoms with van der Waals surface area (Å²) < 4.78 is 25.6. The van der Waals surface area contributed by atoms with Gasteiger partial charge in [-0.1, -0.05) is 0 Å². The second kappa shape index (κ2) is 5.35. The smallest absolute Gasteiger partial charge is 0.254 e. The predicted octanol–water partition coefficient (Wildman–Crippen LogP) is -0.606. The summed E-state index contributed by atoms with van der Waals surface area (Å²) in [7, 11) is 0. The molecule has 0 bridgehead atoms. The number of primary amides is 1. The zero-order valence-corrected chi connectivity index (χ0v) is 8.74. The van der Waals surface area contributed by atoms with Crippen molar-refractivity contribution in [2.45, 2.75) is 12.6 Å². The number of nitrogens with one attached hydrogen (secondary N) is 1. The summed E-state index contributed by atoms with van der Waals surface area (Å²) in [5, 5.41) is 2.09. The first-order valence-corrected chi connectivity index (χ1v) is 4.67. The number of benzene rings is 1. The van der Waals surface area contributed by atoms with Gasteiger partial charge in [0.25, 0.3) is 5.91 Å². The number of hydrogen-bond acceptors (Lipinski definition) is 3. The Morgan fingerprint density at radius 2 is 1.76 bits per heavy atom. The van der Waals surface area contributed by atoms with Crippen molar-refractivity contribution < 1.29 is 18.4 Å². The van der Waals surface area contributed by atoms with Gasteiger partial charge in [-0.05, 0) is 17.7 Å². The van der Waals surface area contributed by atoms with Crippen LogP contribution in [0.25, 0.3) is 0 Å². The molecule has 7 heteroatoms. The van der Waals surface area contributed by atoms with E-state index in [4.69, 9.17) is 11.5 Å². The second-order valence-corrected chi connectivity index (χ2v) is 3.40. The highest BCUT2D eigenvalue weighted by molar-refractivity contribution is 5.86. The van der Waals surface area contributed by atoms with Crippen LogP contribution >= 0.6 is 0 Å². The Bertz CT molecular complexity index is 431. The normalized spacial score (nSPS) is 11.9. The van der Waals surface area contributed by atoms with Crippen LogP contribution in [0.3, 0.4) is 0 Å². The minimum atomic E-state index is -1.32. The molecule has 1 rings (SSSR count). The van der Waals surface area contributed by atoms with Crippen molar-refractivity contribution in [3.63, 3.8) is 0 Å². The second-order valence-electron chi connectivity index (χ2n) is 3.40. The topological polar surface area (TPSA) is 98.2 Å². The number of nitrogens with two attached hydrogens (primary N) is 2. The highest BCUT2D eigenvalue weighted by Gasteiger charge is 2.13. The van der Waals surface area contributed by atoms with Gasteiger partial charge in [0, 0.05) is 6.07 Å². The zero-order valence-electron chi connectivity index (χ0n) is 8.74. The molecule has 1 aromatic rings. The van der Waals surface area contributed by atoms with Crippen LogP contribution in [-0.4, -0.2) is 18.0 Å². The maximum atomic E-state index is 12.8. The van der Waals surface area contributed by atoms with Gasteiger partial charge in [0.2, 0.25) is 5.91 Å². The molecule has 1 aromatic carbocycles. The van der Waals surface area contributed by atoms with Gasteiger partial charge in [-0.25, -0.2) is 8.78 Å². The van der Waals surface area contributed by atoms with Gasteiger partial charge in [0.05, 0.1) is 6.42 Å². The van der Waals surface area contributed by atoms with Crippen molar-refractivity contribution in [1.29, 1.82) is 0 Å². The van der Waals surface area contributed by atoms with Gasteiger partial charge < -0.3 is 16.8 Å². The van der Waals surface area contributed by atoms with E-state index in [9.17, 15) is 18.4 Å². The van der Waals surface area contributed by atoms with E-state index in [1.54, 1.807) is 0 Å². The lowest BCUT2D eigenvalue weighted by Gasteiger charge is -2.10. The average Bonchev–Trinajstić information content (AvgIpc) is 2.14. The van der Waals surface area contributed by atoms with Crippen molar-refractivity contribution in [3.8, 4) is 0 Å². The summed E-state index contributed by atoms with van der Waals surface area (Å²) in [6.45, 7) is 0. The third kappa shape index (κ3) is 4.15. The van der Waals surface area contributed by atoms with Crippen LogP contribution in [0, 0.1) is 11.6 Å². The summed E-state index contributed by atoms with van der Waals surface area (Å²) in [4.78, 5) is 21.9. The number of amides is 2. The molecule has 0 aromatic heterocycles. The van der Waals surface area contributed by atoms with Crippen molar-refractivity contribution in [2.75, 3.05) is 0 Å².